The largest absolute Gasteiger partial charge is 0.462 e. The topological polar surface area (TPSA) is 72.8 Å². The number of hydrogen-bond acceptors (Lipinski definition) is 5. The maximum atomic E-state index is 12.4. The first-order chi connectivity index (χ1) is 39.6. The normalized spacial score (nSPS) is 12.8. The van der Waals surface area contributed by atoms with Crippen molar-refractivity contribution >= 4 is 11.9 Å². The Morgan fingerprint density at radius 1 is 0.300 bits per heavy atom. The minimum Gasteiger partial charge on any atom is -0.462 e. The van der Waals surface area contributed by atoms with Crippen molar-refractivity contribution in [3.63, 3.8) is 0 Å². The number of carbonyl (C=O) groups is 2. The van der Waals surface area contributed by atoms with Crippen molar-refractivity contribution < 1.29 is 24.2 Å². The van der Waals surface area contributed by atoms with E-state index in [4.69, 9.17) is 9.47 Å². The highest BCUT2D eigenvalue weighted by molar-refractivity contribution is 5.70. The van der Waals surface area contributed by atoms with Crippen molar-refractivity contribution in [2.24, 2.45) is 0 Å². The predicted molar refractivity (Wildman–Crippen MR) is 352 cm³/mol. The summed E-state index contributed by atoms with van der Waals surface area (Å²) < 4.78 is 10.8. The predicted octanol–water partition coefficient (Wildman–Crippen LogP) is 24.2. The van der Waals surface area contributed by atoms with Crippen LogP contribution in [0, 0.1) is 0 Å². The van der Waals surface area contributed by atoms with Gasteiger partial charge in [0.2, 0.25) is 0 Å². The molecular formula is C75H132O5. The summed E-state index contributed by atoms with van der Waals surface area (Å²) in [7, 11) is 0. The van der Waals surface area contributed by atoms with Crippen LogP contribution in [-0.2, 0) is 19.1 Å². The molecule has 0 radical (unpaired) electrons. The van der Waals surface area contributed by atoms with Gasteiger partial charge >= 0.3 is 11.9 Å². The molecule has 462 valence electrons. The first-order valence-corrected chi connectivity index (χ1v) is 34.8. The second-order valence-electron chi connectivity index (χ2n) is 23.2. The molecule has 0 rings (SSSR count). The van der Waals surface area contributed by atoms with Gasteiger partial charge in [0.15, 0.2) is 6.10 Å². The average Bonchev–Trinajstić information content (AvgIpc) is 3.46. The van der Waals surface area contributed by atoms with Gasteiger partial charge in [-0.25, -0.2) is 0 Å². The maximum absolute atomic E-state index is 12.4. The summed E-state index contributed by atoms with van der Waals surface area (Å²) in [6.45, 7) is 4.05. The fourth-order valence-corrected chi connectivity index (χ4v) is 10.2. The Morgan fingerprint density at radius 2 is 0.537 bits per heavy atom. The molecule has 0 aromatic carbocycles. The number of rotatable bonds is 64. The van der Waals surface area contributed by atoms with Crippen molar-refractivity contribution in [3.05, 3.63) is 97.2 Å². The molecule has 0 fully saturated rings. The van der Waals surface area contributed by atoms with E-state index in [-0.39, 0.29) is 25.2 Å². The van der Waals surface area contributed by atoms with Crippen molar-refractivity contribution in [2.75, 3.05) is 13.2 Å². The molecule has 0 saturated heterocycles. The van der Waals surface area contributed by atoms with Crippen LogP contribution in [0.4, 0.5) is 0 Å². The lowest BCUT2D eigenvalue weighted by molar-refractivity contribution is -0.161. The lowest BCUT2D eigenvalue weighted by Crippen LogP contribution is -2.28. The highest BCUT2D eigenvalue weighted by Gasteiger charge is 2.16. The molecule has 0 aromatic rings. The molecule has 5 nitrogen and oxygen atoms in total. The molecule has 0 amide bonds. The Morgan fingerprint density at radius 3 is 0.812 bits per heavy atom. The zero-order valence-corrected chi connectivity index (χ0v) is 53.1. The Kier molecular flexibility index (Phi) is 67.3. The van der Waals surface area contributed by atoms with Crippen molar-refractivity contribution in [2.45, 2.75) is 354 Å². The molecule has 0 saturated carbocycles. The standard InChI is InChI=1S/C75H132O5/c1-3-5-7-9-11-13-15-17-19-21-23-25-27-29-31-33-34-35-36-37-38-39-40-42-44-46-48-50-52-54-56-58-60-62-64-66-68-70-75(78)80-73(71-76)72-79-74(77)69-67-65-63-61-59-57-55-53-51-49-47-45-43-41-32-30-28-26-24-22-20-18-16-14-12-10-8-6-4-2/h5,7,11,13,16-19,22-25,29,31,34-35,73,76H,3-4,6,8-10,12,14-15,20-21,26-28,30,32-33,36-72H2,1-2H3/b7-5-,13-11-,18-16-,19-17-,24-22-,25-23-,31-29-,35-34-. The number of hydrogen-bond donors (Lipinski definition) is 1. The van der Waals surface area contributed by atoms with Crippen molar-refractivity contribution in [3.8, 4) is 0 Å². The molecule has 0 spiro atoms. The maximum Gasteiger partial charge on any atom is 0.306 e. The molecular weight excluding hydrogens is 981 g/mol. The average molecular weight is 1110 g/mol. The minimum atomic E-state index is -0.775. The van der Waals surface area contributed by atoms with E-state index in [0.29, 0.717) is 12.8 Å². The van der Waals surface area contributed by atoms with Gasteiger partial charge in [0.1, 0.15) is 6.61 Å². The molecule has 0 aromatic heterocycles. The Balaban J connectivity index is 3.44. The molecule has 1 N–H and O–H groups in total. The second-order valence-corrected chi connectivity index (χ2v) is 23.2. The summed E-state index contributed by atoms with van der Waals surface area (Å²) in [5, 5.41) is 9.70. The van der Waals surface area contributed by atoms with Crippen LogP contribution in [0.2, 0.25) is 0 Å². The van der Waals surface area contributed by atoms with E-state index < -0.39 is 6.10 Å². The fourth-order valence-electron chi connectivity index (χ4n) is 10.2. The molecule has 0 bridgehead atoms. The summed E-state index contributed by atoms with van der Waals surface area (Å²) in [6.07, 6.45) is 100. The van der Waals surface area contributed by atoms with E-state index in [1.807, 2.05) is 0 Å². The highest BCUT2D eigenvalue weighted by atomic mass is 16.6. The highest BCUT2D eigenvalue weighted by Crippen LogP contribution is 2.18. The number of aliphatic hydroxyl groups is 1. The van der Waals surface area contributed by atoms with E-state index >= 15 is 0 Å². The summed E-state index contributed by atoms with van der Waals surface area (Å²) in [5.41, 5.74) is 0. The molecule has 0 aliphatic rings. The van der Waals surface area contributed by atoms with Crippen LogP contribution in [0.25, 0.3) is 0 Å². The summed E-state index contributed by atoms with van der Waals surface area (Å²) in [4.78, 5) is 24.7. The third-order valence-electron chi connectivity index (χ3n) is 15.4. The first-order valence-electron chi connectivity index (χ1n) is 34.8. The van der Waals surface area contributed by atoms with Gasteiger partial charge in [-0.05, 0) is 96.3 Å². The first kappa shape index (κ1) is 76.8. The van der Waals surface area contributed by atoms with Crippen LogP contribution in [0.3, 0.4) is 0 Å². The van der Waals surface area contributed by atoms with Gasteiger partial charge < -0.3 is 14.6 Å². The summed E-state index contributed by atoms with van der Waals surface area (Å²) >= 11 is 0. The van der Waals surface area contributed by atoms with Crippen molar-refractivity contribution in [1.82, 2.24) is 0 Å². The molecule has 0 aliphatic heterocycles. The zero-order chi connectivity index (χ0) is 57.6. The van der Waals surface area contributed by atoms with Gasteiger partial charge in [0, 0.05) is 12.8 Å². The third-order valence-corrected chi connectivity index (χ3v) is 15.4. The van der Waals surface area contributed by atoms with E-state index in [0.717, 1.165) is 83.5 Å². The molecule has 80 heavy (non-hydrogen) atoms. The van der Waals surface area contributed by atoms with E-state index in [1.165, 1.54) is 238 Å². The van der Waals surface area contributed by atoms with Crippen LogP contribution in [0.15, 0.2) is 97.2 Å². The van der Waals surface area contributed by atoms with Gasteiger partial charge in [0.05, 0.1) is 6.61 Å². The van der Waals surface area contributed by atoms with Crippen LogP contribution in [0.1, 0.15) is 348 Å². The Labute approximate surface area is 498 Å². The number of unbranched alkanes of at least 4 members (excludes halogenated alkanes) is 40. The monoisotopic (exact) mass is 1110 g/mol. The van der Waals surface area contributed by atoms with Gasteiger partial charge in [-0.3, -0.25) is 9.59 Å². The number of aliphatic hydroxyl groups excluding tert-OH is 1. The lowest BCUT2D eigenvalue weighted by Gasteiger charge is -2.15. The molecule has 1 atom stereocenters. The third kappa shape index (κ3) is 67.3. The van der Waals surface area contributed by atoms with Gasteiger partial charge in [-0.1, -0.05) is 336 Å². The fraction of sp³-hybridized carbons (Fsp3) is 0.760. The number of esters is 2. The van der Waals surface area contributed by atoms with Crippen molar-refractivity contribution in [1.29, 1.82) is 0 Å². The zero-order valence-electron chi connectivity index (χ0n) is 53.1. The molecule has 0 heterocycles. The SMILES string of the molecule is CC/C=C\C/C=C\C/C=C\C/C=C\C/C=C\C/C=C\CCCCCCCCCCCCCCCCCCCCC(=O)OC(CO)COC(=O)CCCCCCCCCCCCCCCCCCC/C=C\C/C=C\CCCCCCC. The van der Waals surface area contributed by atoms with E-state index in [2.05, 4.69) is 111 Å². The lowest BCUT2D eigenvalue weighted by atomic mass is 10.0. The second kappa shape index (κ2) is 70.1. The summed E-state index contributed by atoms with van der Waals surface area (Å²) in [5.74, 6) is -0.576. The number of carbonyl (C=O) groups excluding carboxylic acids is 2. The van der Waals surface area contributed by atoms with E-state index in [9.17, 15) is 14.7 Å². The van der Waals surface area contributed by atoms with Crippen LogP contribution >= 0.6 is 0 Å². The van der Waals surface area contributed by atoms with Gasteiger partial charge in [-0.15, -0.1) is 0 Å². The Bertz CT molecular complexity index is 1500. The van der Waals surface area contributed by atoms with Crippen LogP contribution in [-0.4, -0.2) is 36.4 Å². The van der Waals surface area contributed by atoms with Gasteiger partial charge in [0.25, 0.3) is 0 Å². The smallest absolute Gasteiger partial charge is 0.306 e. The van der Waals surface area contributed by atoms with Crippen LogP contribution in [0.5, 0.6) is 0 Å². The molecule has 0 aliphatic carbocycles. The molecule has 5 heteroatoms. The van der Waals surface area contributed by atoms with Crippen LogP contribution < -0.4 is 0 Å². The molecule has 1 unspecified atom stereocenters. The number of allylic oxidation sites excluding steroid dienone is 16. The minimum absolute atomic E-state index is 0.0644. The van der Waals surface area contributed by atoms with E-state index in [1.54, 1.807) is 0 Å². The number of ether oxygens (including phenoxy) is 2. The van der Waals surface area contributed by atoms with Gasteiger partial charge in [-0.2, -0.15) is 0 Å². The quantitative estimate of drug-likeness (QED) is 0.0373. The Hall–Kier alpha value is -3.18. The summed E-state index contributed by atoms with van der Waals surface area (Å²) in [6, 6.07) is 0.